The molecule has 144 valence electrons. The van der Waals surface area contributed by atoms with Crippen molar-refractivity contribution in [1.29, 1.82) is 0 Å². The number of thioether (sulfide) groups is 1. The topological polar surface area (TPSA) is 83.9 Å². The van der Waals surface area contributed by atoms with Crippen molar-refractivity contribution in [3.63, 3.8) is 0 Å². The predicted octanol–water partition coefficient (Wildman–Crippen LogP) is 4.31. The van der Waals surface area contributed by atoms with Crippen LogP contribution in [-0.4, -0.2) is 28.3 Å². The molecule has 0 aromatic heterocycles. The van der Waals surface area contributed by atoms with E-state index in [1.807, 2.05) is 0 Å². The van der Waals surface area contributed by atoms with Crippen LogP contribution in [-0.2, 0) is 9.59 Å². The molecule has 0 spiro atoms. The molecule has 0 aliphatic carbocycles. The van der Waals surface area contributed by atoms with Crippen LogP contribution in [0.4, 0.5) is 14.9 Å². The van der Waals surface area contributed by atoms with E-state index in [1.165, 1.54) is 30.3 Å². The lowest BCUT2D eigenvalue weighted by Crippen LogP contribution is -2.27. The second kappa shape index (κ2) is 8.26. The fraction of sp³-hybridized carbons (Fsp3) is 0.150. The van der Waals surface area contributed by atoms with Gasteiger partial charge in [-0.05, 0) is 66.2 Å². The summed E-state index contributed by atoms with van der Waals surface area (Å²) < 4.78 is 18.5. The van der Waals surface area contributed by atoms with Crippen molar-refractivity contribution in [1.82, 2.24) is 0 Å². The van der Waals surface area contributed by atoms with Crippen LogP contribution in [0.1, 0.15) is 18.9 Å². The van der Waals surface area contributed by atoms with Crippen molar-refractivity contribution >= 4 is 40.6 Å². The Hall–Kier alpha value is -3.13. The molecule has 1 fully saturated rings. The normalized spacial score (nSPS) is 16.5. The minimum atomic E-state index is -1.06. The van der Waals surface area contributed by atoms with Gasteiger partial charge in [0, 0.05) is 0 Å². The van der Waals surface area contributed by atoms with Crippen LogP contribution in [0.3, 0.4) is 0 Å². The van der Waals surface area contributed by atoms with Gasteiger partial charge in [-0.1, -0.05) is 19.1 Å². The molecule has 2 aromatic rings. The number of carboxylic acids is 1. The van der Waals surface area contributed by atoms with E-state index in [2.05, 4.69) is 0 Å². The zero-order valence-electron chi connectivity index (χ0n) is 14.8. The van der Waals surface area contributed by atoms with Gasteiger partial charge in [0.15, 0.2) is 6.10 Å². The van der Waals surface area contributed by atoms with Gasteiger partial charge >= 0.3 is 5.97 Å². The van der Waals surface area contributed by atoms with Gasteiger partial charge in [0.25, 0.3) is 11.1 Å². The number of hydrogen-bond donors (Lipinski definition) is 1. The van der Waals surface area contributed by atoms with Crippen LogP contribution in [0.25, 0.3) is 6.08 Å². The molecule has 0 bridgehead atoms. The summed E-state index contributed by atoms with van der Waals surface area (Å²) in [6.07, 6.45) is 0.861. The number of amides is 2. The van der Waals surface area contributed by atoms with E-state index in [1.54, 1.807) is 31.2 Å². The summed E-state index contributed by atoms with van der Waals surface area (Å²) in [6, 6.07) is 11.7. The number of carboxylic acid groups (broad SMARTS) is 1. The number of ether oxygens (including phenoxy) is 1. The summed E-state index contributed by atoms with van der Waals surface area (Å²) in [5.74, 6) is -1.69. The highest BCUT2D eigenvalue weighted by Crippen LogP contribution is 2.36. The van der Waals surface area contributed by atoms with E-state index in [0.29, 0.717) is 17.7 Å². The third kappa shape index (κ3) is 4.23. The minimum Gasteiger partial charge on any atom is -0.479 e. The van der Waals surface area contributed by atoms with Crippen molar-refractivity contribution in [2.75, 3.05) is 4.90 Å². The fourth-order valence-corrected chi connectivity index (χ4v) is 3.42. The molecular weight excluding hydrogens is 385 g/mol. The summed E-state index contributed by atoms with van der Waals surface area (Å²) in [7, 11) is 0. The van der Waals surface area contributed by atoms with Crippen LogP contribution in [0, 0.1) is 5.82 Å². The maximum atomic E-state index is 13.1. The Morgan fingerprint density at radius 3 is 2.61 bits per heavy atom. The standard InChI is InChI=1S/C20H16FNO5S/c1-2-16(19(24)25)27-15-5-3-4-12(10-15)11-17-18(23)22(20(26)28-17)14-8-6-13(21)7-9-14/h3-11,16H,2H2,1H3,(H,24,25)/b17-11+. The zero-order chi connectivity index (χ0) is 20.3. The number of benzene rings is 2. The molecule has 1 N–H and O–H groups in total. The van der Waals surface area contributed by atoms with Crippen LogP contribution >= 0.6 is 11.8 Å². The summed E-state index contributed by atoms with van der Waals surface area (Å²) in [5.41, 5.74) is 0.874. The first-order valence-electron chi connectivity index (χ1n) is 8.42. The number of aliphatic carboxylic acids is 1. The van der Waals surface area contributed by atoms with Gasteiger partial charge in [0.2, 0.25) is 0 Å². The Bertz CT molecular complexity index is 957. The first kappa shape index (κ1) is 19.6. The Labute approximate surface area is 164 Å². The van der Waals surface area contributed by atoms with E-state index in [4.69, 9.17) is 9.84 Å². The summed E-state index contributed by atoms with van der Waals surface area (Å²) in [4.78, 5) is 37.2. The van der Waals surface area contributed by atoms with Crippen LogP contribution in [0.2, 0.25) is 0 Å². The molecule has 1 saturated heterocycles. The lowest BCUT2D eigenvalue weighted by Gasteiger charge is -2.13. The zero-order valence-corrected chi connectivity index (χ0v) is 15.6. The third-order valence-electron chi connectivity index (χ3n) is 3.96. The molecule has 8 heteroatoms. The molecule has 0 saturated carbocycles. The number of imide groups is 1. The second-order valence-corrected chi connectivity index (χ2v) is 6.91. The average Bonchev–Trinajstić information content (AvgIpc) is 2.94. The molecule has 3 rings (SSSR count). The molecule has 6 nitrogen and oxygen atoms in total. The summed E-state index contributed by atoms with van der Waals surface area (Å²) in [5, 5.41) is 8.62. The van der Waals surface area contributed by atoms with Gasteiger partial charge in [-0.2, -0.15) is 0 Å². The van der Waals surface area contributed by atoms with Crippen molar-refractivity contribution in [3.05, 3.63) is 64.8 Å². The van der Waals surface area contributed by atoms with Crippen molar-refractivity contribution in [2.24, 2.45) is 0 Å². The highest BCUT2D eigenvalue weighted by atomic mass is 32.2. The largest absolute Gasteiger partial charge is 0.479 e. The number of halogens is 1. The van der Waals surface area contributed by atoms with E-state index >= 15 is 0 Å². The highest BCUT2D eigenvalue weighted by molar-refractivity contribution is 8.19. The number of nitrogens with zero attached hydrogens (tertiary/aromatic N) is 1. The molecule has 2 amide bonds. The Morgan fingerprint density at radius 1 is 1.25 bits per heavy atom. The lowest BCUT2D eigenvalue weighted by atomic mass is 10.2. The number of carbonyl (C=O) groups is 3. The molecule has 0 radical (unpaired) electrons. The van der Waals surface area contributed by atoms with Crippen LogP contribution in [0.5, 0.6) is 5.75 Å². The lowest BCUT2D eigenvalue weighted by molar-refractivity contribution is -0.145. The monoisotopic (exact) mass is 401 g/mol. The second-order valence-electron chi connectivity index (χ2n) is 5.92. The van der Waals surface area contributed by atoms with Gasteiger partial charge in [-0.15, -0.1) is 0 Å². The SMILES string of the molecule is CCC(Oc1cccc(/C=C2/SC(=O)N(c3ccc(F)cc3)C2=O)c1)C(=O)O. The first-order chi connectivity index (χ1) is 13.4. The van der Waals surface area contributed by atoms with Crippen molar-refractivity contribution in [3.8, 4) is 5.75 Å². The summed E-state index contributed by atoms with van der Waals surface area (Å²) >= 11 is 0.775. The molecule has 1 unspecified atom stereocenters. The molecule has 1 heterocycles. The predicted molar refractivity (Wildman–Crippen MR) is 104 cm³/mol. The van der Waals surface area contributed by atoms with Crippen LogP contribution in [0.15, 0.2) is 53.4 Å². The molecular formula is C20H16FNO5S. The molecule has 1 aliphatic rings. The Morgan fingerprint density at radius 2 is 1.96 bits per heavy atom. The van der Waals surface area contributed by atoms with Gasteiger partial charge in [-0.3, -0.25) is 9.59 Å². The molecule has 1 aliphatic heterocycles. The molecule has 1 atom stereocenters. The fourth-order valence-electron chi connectivity index (χ4n) is 2.58. The number of carbonyl (C=O) groups excluding carboxylic acids is 2. The van der Waals surface area contributed by atoms with Gasteiger partial charge < -0.3 is 9.84 Å². The van der Waals surface area contributed by atoms with E-state index in [9.17, 15) is 18.8 Å². The van der Waals surface area contributed by atoms with E-state index < -0.39 is 29.0 Å². The van der Waals surface area contributed by atoms with Crippen molar-refractivity contribution < 1.29 is 28.6 Å². The quantitative estimate of drug-likeness (QED) is 0.726. The van der Waals surface area contributed by atoms with Crippen LogP contribution < -0.4 is 9.64 Å². The first-order valence-corrected chi connectivity index (χ1v) is 9.23. The minimum absolute atomic E-state index is 0.205. The summed E-state index contributed by atoms with van der Waals surface area (Å²) in [6.45, 7) is 1.70. The number of hydrogen-bond acceptors (Lipinski definition) is 5. The maximum absolute atomic E-state index is 13.1. The van der Waals surface area contributed by atoms with Gasteiger partial charge in [0.1, 0.15) is 11.6 Å². The third-order valence-corrected chi connectivity index (χ3v) is 4.83. The Kier molecular flexibility index (Phi) is 5.79. The average molecular weight is 401 g/mol. The molecule has 2 aromatic carbocycles. The number of rotatable bonds is 6. The Balaban J connectivity index is 1.83. The highest BCUT2D eigenvalue weighted by Gasteiger charge is 2.36. The van der Waals surface area contributed by atoms with Crippen molar-refractivity contribution in [2.45, 2.75) is 19.4 Å². The van der Waals surface area contributed by atoms with E-state index in [-0.39, 0.29) is 10.6 Å². The molecule has 28 heavy (non-hydrogen) atoms. The van der Waals surface area contributed by atoms with Gasteiger partial charge in [-0.25, -0.2) is 14.1 Å². The number of anilines is 1. The maximum Gasteiger partial charge on any atom is 0.344 e. The van der Waals surface area contributed by atoms with E-state index in [0.717, 1.165) is 16.7 Å². The van der Waals surface area contributed by atoms with Gasteiger partial charge in [0.05, 0.1) is 10.6 Å². The smallest absolute Gasteiger partial charge is 0.344 e.